The Balaban J connectivity index is 1.69. The number of esters is 1. The van der Waals surface area contributed by atoms with Crippen LogP contribution in [-0.4, -0.2) is 27.5 Å². The smallest absolute Gasteiger partial charge is 0.331 e. The molecule has 0 atom stereocenters. The molecule has 0 spiro atoms. The lowest BCUT2D eigenvalue weighted by Gasteiger charge is -2.10. The summed E-state index contributed by atoms with van der Waals surface area (Å²) in [5, 5.41) is 0. The Kier molecular flexibility index (Phi) is 6.41. The molecule has 3 aromatic rings. The number of hydrogen-bond donors (Lipinski definition) is 0. The first kappa shape index (κ1) is 21.0. The van der Waals surface area contributed by atoms with E-state index in [2.05, 4.69) is 0 Å². The maximum Gasteiger partial charge on any atom is 0.331 e. The number of rotatable bonds is 7. The summed E-state index contributed by atoms with van der Waals surface area (Å²) >= 11 is 0. The van der Waals surface area contributed by atoms with Crippen molar-refractivity contribution in [3.8, 4) is 0 Å². The lowest BCUT2D eigenvalue weighted by Crippen LogP contribution is -2.41. The normalized spacial score (nSPS) is 10.6. The quantitative estimate of drug-likeness (QED) is 0.443. The summed E-state index contributed by atoms with van der Waals surface area (Å²) in [5.41, 5.74) is 1.93. The second kappa shape index (κ2) is 9.17. The summed E-state index contributed by atoms with van der Waals surface area (Å²) in [5.74, 6) is -1.17. The number of carbonyl (C=O) groups excluding carboxylic acids is 2. The van der Waals surface area contributed by atoms with Crippen LogP contribution < -0.4 is 11.2 Å². The van der Waals surface area contributed by atoms with E-state index in [0.29, 0.717) is 5.56 Å². The monoisotopic (exact) mass is 406 g/mol. The van der Waals surface area contributed by atoms with Crippen LogP contribution in [0.15, 0.2) is 70.4 Å². The maximum atomic E-state index is 12.6. The van der Waals surface area contributed by atoms with Crippen LogP contribution in [0.3, 0.4) is 0 Å². The Morgan fingerprint density at radius 2 is 1.70 bits per heavy atom. The third-order valence-electron chi connectivity index (χ3n) is 4.67. The van der Waals surface area contributed by atoms with E-state index in [4.69, 9.17) is 4.74 Å². The van der Waals surface area contributed by atoms with Gasteiger partial charge < -0.3 is 4.74 Å². The fourth-order valence-electron chi connectivity index (χ4n) is 3.13. The standard InChI is InChI=1S/C23H22N2O5/c1-16-8-9-19(17(2)12-16)20(26)15-30-22(28)14-25-21(27)10-11-24(23(25)29)13-18-6-4-3-5-7-18/h3-12H,13-15H2,1-2H3. The summed E-state index contributed by atoms with van der Waals surface area (Å²) in [6, 6.07) is 15.9. The van der Waals surface area contributed by atoms with Gasteiger partial charge in [0.1, 0.15) is 6.54 Å². The van der Waals surface area contributed by atoms with Crippen LogP contribution in [0.4, 0.5) is 0 Å². The number of aryl methyl sites for hydroxylation is 2. The predicted molar refractivity (Wildman–Crippen MR) is 112 cm³/mol. The van der Waals surface area contributed by atoms with Crippen molar-refractivity contribution in [3.63, 3.8) is 0 Å². The highest BCUT2D eigenvalue weighted by molar-refractivity contribution is 5.99. The molecule has 30 heavy (non-hydrogen) atoms. The molecule has 0 unspecified atom stereocenters. The molecule has 1 heterocycles. The summed E-state index contributed by atoms with van der Waals surface area (Å²) in [6.07, 6.45) is 1.39. The lowest BCUT2D eigenvalue weighted by atomic mass is 10.0. The molecule has 0 aliphatic rings. The topological polar surface area (TPSA) is 87.4 Å². The SMILES string of the molecule is Cc1ccc(C(=O)COC(=O)Cn2c(=O)ccn(Cc3ccccc3)c2=O)c(C)c1. The van der Waals surface area contributed by atoms with Gasteiger partial charge in [-0.2, -0.15) is 0 Å². The van der Waals surface area contributed by atoms with E-state index in [9.17, 15) is 19.2 Å². The minimum absolute atomic E-state index is 0.264. The molecule has 0 amide bonds. The number of benzene rings is 2. The zero-order valence-corrected chi connectivity index (χ0v) is 16.8. The molecule has 0 saturated carbocycles. The molecule has 7 nitrogen and oxygen atoms in total. The molecule has 0 fully saturated rings. The highest BCUT2D eigenvalue weighted by atomic mass is 16.5. The van der Waals surface area contributed by atoms with Crippen LogP contribution in [0.2, 0.25) is 0 Å². The van der Waals surface area contributed by atoms with Crippen molar-refractivity contribution < 1.29 is 14.3 Å². The number of hydrogen-bond acceptors (Lipinski definition) is 5. The summed E-state index contributed by atoms with van der Waals surface area (Å²) in [6.45, 7) is 2.97. The zero-order chi connectivity index (χ0) is 21.7. The van der Waals surface area contributed by atoms with Crippen molar-refractivity contribution in [2.75, 3.05) is 6.61 Å². The maximum absolute atomic E-state index is 12.6. The minimum Gasteiger partial charge on any atom is -0.456 e. The van der Waals surface area contributed by atoms with Crippen LogP contribution in [0.5, 0.6) is 0 Å². The van der Waals surface area contributed by atoms with Crippen molar-refractivity contribution in [2.24, 2.45) is 0 Å². The van der Waals surface area contributed by atoms with Crippen molar-refractivity contribution in [1.82, 2.24) is 9.13 Å². The fraction of sp³-hybridized carbons (Fsp3) is 0.217. The Bertz CT molecular complexity index is 1190. The van der Waals surface area contributed by atoms with Crippen LogP contribution in [0.1, 0.15) is 27.0 Å². The predicted octanol–water partition coefficient (Wildman–Crippen LogP) is 2.10. The van der Waals surface area contributed by atoms with E-state index in [1.54, 1.807) is 19.1 Å². The third-order valence-corrected chi connectivity index (χ3v) is 4.67. The number of nitrogens with zero attached hydrogens (tertiary/aromatic N) is 2. The average molecular weight is 406 g/mol. The van der Waals surface area contributed by atoms with E-state index in [1.807, 2.05) is 43.3 Å². The van der Waals surface area contributed by atoms with E-state index in [0.717, 1.165) is 21.3 Å². The minimum atomic E-state index is -0.829. The number of aromatic nitrogens is 2. The highest BCUT2D eigenvalue weighted by Gasteiger charge is 2.15. The second-order valence-electron chi connectivity index (χ2n) is 7.04. The van der Waals surface area contributed by atoms with Gasteiger partial charge in [-0.15, -0.1) is 0 Å². The first-order valence-electron chi connectivity index (χ1n) is 9.45. The van der Waals surface area contributed by atoms with Crippen molar-refractivity contribution in [2.45, 2.75) is 26.9 Å². The summed E-state index contributed by atoms with van der Waals surface area (Å²) in [7, 11) is 0. The molecular weight excluding hydrogens is 384 g/mol. The first-order valence-corrected chi connectivity index (χ1v) is 9.45. The van der Waals surface area contributed by atoms with Gasteiger partial charge in [0, 0.05) is 17.8 Å². The van der Waals surface area contributed by atoms with Gasteiger partial charge in [-0.3, -0.25) is 19.0 Å². The summed E-state index contributed by atoms with van der Waals surface area (Å²) in [4.78, 5) is 49.2. The van der Waals surface area contributed by atoms with Gasteiger partial charge in [-0.1, -0.05) is 54.1 Å². The van der Waals surface area contributed by atoms with Gasteiger partial charge in [-0.05, 0) is 25.0 Å². The van der Waals surface area contributed by atoms with Crippen LogP contribution in [0, 0.1) is 13.8 Å². The highest BCUT2D eigenvalue weighted by Crippen LogP contribution is 2.11. The van der Waals surface area contributed by atoms with Crippen LogP contribution >= 0.6 is 0 Å². The zero-order valence-electron chi connectivity index (χ0n) is 16.8. The Labute approximate surface area is 173 Å². The summed E-state index contributed by atoms with van der Waals surface area (Å²) < 4.78 is 7.16. The van der Waals surface area contributed by atoms with E-state index < -0.39 is 30.4 Å². The van der Waals surface area contributed by atoms with Gasteiger partial charge in [-0.25, -0.2) is 9.36 Å². The largest absolute Gasteiger partial charge is 0.456 e. The number of ether oxygens (including phenoxy) is 1. The fourth-order valence-corrected chi connectivity index (χ4v) is 3.13. The average Bonchev–Trinajstić information content (AvgIpc) is 2.72. The number of ketones is 1. The Morgan fingerprint density at radius 1 is 0.967 bits per heavy atom. The molecule has 154 valence electrons. The molecule has 0 aliphatic heterocycles. The van der Waals surface area contributed by atoms with Crippen LogP contribution in [0.25, 0.3) is 0 Å². The molecule has 1 aromatic heterocycles. The molecule has 3 rings (SSSR count). The van der Waals surface area contributed by atoms with Crippen molar-refractivity contribution >= 4 is 11.8 Å². The van der Waals surface area contributed by atoms with E-state index >= 15 is 0 Å². The van der Waals surface area contributed by atoms with E-state index in [-0.39, 0.29) is 12.3 Å². The van der Waals surface area contributed by atoms with Gasteiger partial charge in [0.2, 0.25) is 5.78 Å². The van der Waals surface area contributed by atoms with Gasteiger partial charge >= 0.3 is 11.7 Å². The Hall–Kier alpha value is -3.74. The number of carbonyl (C=O) groups is 2. The number of Topliss-reactive ketones (excluding diaryl/α,β-unsaturated/α-hetero) is 1. The molecule has 0 N–H and O–H groups in total. The van der Waals surface area contributed by atoms with Gasteiger partial charge in [0.15, 0.2) is 6.61 Å². The molecule has 0 saturated heterocycles. The molecule has 0 radical (unpaired) electrons. The van der Waals surface area contributed by atoms with Crippen molar-refractivity contribution in [1.29, 1.82) is 0 Å². The van der Waals surface area contributed by atoms with Gasteiger partial charge in [0.25, 0.3) is 5.56 Å². The van der Waals surface area contributed by atoms with E-state index in [1.165, 1.54) is 16.8 Å². The molecule has 2 aromatic carbocycles. The molecule has 7 heteroatoms. The molecule has 0 aliphatic carbocycles. The molecule has 0 bridgehead atoms. The Morgan fingerprint density at radius 3 is 2.40 bits per heavy atom. The lowest BCUT2D eigenvalue weighted by molar-refractivity contribution is -0.143. The first-order chi connectivity index (χ1) is 14.3. The van der Waals surface area contributed by atoms with Crippen LogP contribution in [-0.2, 0) is 22.6 Å². The molecular formula is C23H22N2O5. The second-order valence-corrected chi connectivity index (χ2v) is 7.04. The third kappa shape index (κ3) is 5.00. The van der Waals surface area contributed by atoms with Gasteiger partial charge in [0.05, 0.1) is 6.54 Å². The van der Waals surface area contributed by atoms with Crippen molar-refractivity contribution in [3.05, 3.63) is 104 Å².